The van der Waals surface area contributed by atoms with Crippen LogP contribution in [-0.4, -0.2) is 13.1 Å². The van der Waals surface area contributed by atoms with E-state index in [4.69, 9.17) is 0 Å². The summed E-state index contributed by atoms with van der Waals surface area (Å²) < 4.78 is 0. The molecule has 1 nitrogen and oxygen atoms in total. The first kappa shape index (κ1) is 10.4. The van der Waals surface area contributed by atoms with Crippen LogP contribution < -0.4 is 5.19 Å². The van der Waals surface area contributed by atoms with E-state index in [9.17, 15) is 0 Å². The molecule has 0 aliphatic rings. The average Bonchev–Trinajstić information content (AvgIpc) is 2.15. The molecule has 1 aromatic carbocycles. The number of hydrogen-bond acceptors (Lipinski definition) is 1. The summed E-state index contributed by atoms with van der Waals surface area (Å²) in [4.78, 5) is 4.51. The lowest BCUT2D eigenvalue weighted by Crippen LogP contribution is -2.37. The van der Waals surface area contributed by atoms with Gasteiger partial charge in [-0.15, -0.1) is 0 Å². The number of aryl methyl sites for hydroxylation is 1. The van der Waals surface area contributed by atoms with E-state index >= 15 is 0 Å². The molecule has 2 heteroatoms. The van der Waals surface area contributed by atoms with Gasteiger partial charge in [0.05, 0.1) is 13.6 Å². The van der Waals surface area contributed by atoms with Gasteiger partial charge in [0.2, 0.25) is 0 Å². The van der Waals surface area contributed by atoms with E-state index in [1.165, 1.54) is 10.6 Å². The van der Waals surface area contributed by atoms with Crippen LogP contribution in [0.3, 0.4) is 0 Å². The van der Waals surface area contributed by atoms with E-state index < -0.39 is 8.07 Å². The van der Waals surface area contributed by atoms with Gasteiger partial charge in [0, 0.05) is 11.1 Å². The summed E-state index contributed by atoms with van der Waals surface area (Å²) in [6, 6.07) is 10.9. The summed E-state index contributed by atoms with van der Waals surface area (Å²) in [5, 5.41) is 2.76. The summed E-state index contributed by atoms with van der Waals surface area (Å²) in [5.74, 6) is 0. The van der Waals surface area contributed by atoms with Gasteiger partial charge in [0.15, 0.2) is 0 Å². The van der Waals surface area contributed by atoms with Gasteiger partial charge < -0.3 is 0 Å². The minimum Gasteiger partial charge on any atom is -0.253 e. The number of fused-ring (bicyclic) bond motifs is 1. The Morgan fingerprint density at radius 1 is 1.00 bits per heavy atom. The molecule has 0 saturated heterocycles. The second-order valence-electron chi connectivity index (χ2n) is 5.11. The fraction of sp³-hybridized carbons (Fsp3) is 0.308. The molecule has 1 aromatic heterocycles. The third kappa shape index (κ3) is 2.10. The summed E-state index contributed by atoms with van der Waals surface area (Å²) in [7, 11) is -1.19. The Hall–Kier alpha value is -1.15. The van der Waals surface area contributed by atoms with E-state index in [1.807, 2.05) is 6.92 Å². The number of benzene rings is 1. The minimum atomic E-state index is -1.19. The van der Waals surface area contributed by atoms with E-state index in [-0.39, 0.29) is 0 Å². The van der Waals surface area contributed by atoms with Crippen molar-refractivity contribution in [1.82, 2.24) is 4.98 Å². The molecule has 0 aliphatic carbocycles. The highest BCUT2D eigenvalue weighted by atomic mass is 28.3. The zero-order chi connectivity index (χ0) is 11.1. The second-order valence-corrected chi connectivity index (χ2v) is 10.2. The highest BCUT2D eigenvalue weighted by molar-refractivity contribution is 6.88. The Morgan fingerprint density at radius 3 is 2.40 bits per heavy atom. The van der Waals surface area contributed by atoms with Crippen LogP contribution in [0.4, 0.5) is 0 Å². The lowest BCUT2D eigenvalue weighted by molar-refractivity contribution is 1.26. The van der Waals surface area contributed by atoms with Gasteiger partial charge in [-0.25, -0.2) is 0 Å². The first-order chi connectivity index (χ1) is 6.97. The Labute approximate surface area is 92.2 Å². The molecule has 0 fully saturated rings. The van der Waals surface area contributed by atoms with Crippen molar-refractivity contribution in [3.05, 3.63) is 36.0 Å². The van der Waals surface area contributed by atoms with Crippen molar-refractivity contribution in [3.63, 3.8) is 0 Å². The van der Waals surface area contributed by atoms with Gasteiger partial charge >= 0.3 is 0 Å². The summed E-state index contributed by atoms with van der Waals surface area (Å²) in [6.07, 6.45) is 0. The topological polar surface area (TPSA) is 12.9 Å². The molecule has 15 heavy (non-hydrogen) atoms. The van der Waals surface area contributed by atoms with Crippen LogP contribution in [0.5, 0.6) is 0 Å². The fourth-order valence-corrected chi connectivity index (χ4v) is 2.87. The van der Waals surface area contributed by atoms with Crippen molar-refractivity contribution in [2.75, 3.05) is 0 Å². The first-order valence-electron chi connectivity index (χ1n) is 5.35. The lowest BCUT2D eigenvalue weighted by Gasteiger charge is -2.16. The van der Waals surface area contributed by atoms with Gasteiger partial charge in [0.25, 0.3) is 0 Å². The molecule has 0 radical (unpaired) electrons. The van der Waals surface area contributed by atoms with Crippen molar-refractivity contribution < 1.29 is 0 Å². The third-order valence-corrected chi connectivity index (χ3v) is 4.74. The normalized spacial score (nSPS) is 12.0. The molecule has 1 heterocycles. The van der Waals surface area contributed by atoms with Gasteiger partial charge in [-0.1, -0.05) is 43.0 Å². The Kier molecular flexibility index (Phi) is 2.39. The van der Waals surface area contributed by atoms with Gasteiger partial charge in [-0.05, 0) is 19.1 Å². The number of hydrogen-bond donors (Lipinski definition) is 0. The molecule has 78 valence electrons. The standard InChI is InChI=1S/C13H17NSi/c1-10-5-6-11-9-12(15(2,3)4)7-8-13(11)14-10/h5-9H,1-4H3. The predicted molar refractivity (Wildman–Crippen MR) is 69.5 cm³/mol. The van der Waals surface area contributed by atoms with Gasteiger partial charge in [-0.2, -0.15) is 0 Å². The highest BCUT2D eigenvalue weighted by Gasteiger charge is 2.16. The Balaban J connectivity index is 2.62. The SMILES string of the molecule is Cc1ccc2cc([Si](C)(C)C)ccc2n1. The van der Waals surface area contributed by atoms with Crippen LogP contribution >= 0.6 is 0 Å². The van der Waals surface area contributed by atoms with Crippen molar-refractivity contribution in [3.8, 4) is 0 Å². The van der Waals surface area contributed by atoms with Crippen LogP contribution in [0.2, 0.25) is 19.6 Å². The van der Waals surface area contributed by atoms with Crippen LogP contribution in [-0.2, 0) is 0 Å². The van der Waals surface area contributed by atoms with Crippen molar-refractivity contribution in [1.29, 1.82) is 0 Å². The summed E-state index contributed by atoms with van der Waals surface area (Å²) >= 11 is 0. The van der Waals surface area contributed by atoms with Crippen LogP contribution in [0, 0.1) is 6.92 Å². The van der Waals surface area contributed by atoms with Crippen molar-refractivity contribution in [2.24, 2.45) is 0 Å². The zero-order valence-electron chi connectivity index (χ0n) is 9.83. The van der Waals surface area contributed by atoms with E-state index in [0.29, 0.717) is 0 Å². The molecule has 2 rings (SSSR count). The number of nitrogens with zero attached hydrogens (tertiary/aromatic N) is 1. The minimum absolute atomic E-state index is 1.09. The zero-order valence-corrected chi connectivity index (χ0v) is 10.8. The van der Waals surface area contributed by atoms with Crippen LogP contribution in [0.25, 0.3) is 10.9 Å². The molecule has 0 aliphatic heterocycles. The number of aromatic nitrogens is 1. The fourth-order valence-electron chi connectivity index (χ4n) is 1.69. The molecule has 0 spiro atoms. The van der Waals surface area contributed by atoms with E-state index in [2.05, 4.69) is 55.0 Å². The third-order valence-electron chi connectivity index (χ3n) is 2.69. The molecule has 0 bridgehead atoms. The molecular formula is C13H17NSi. The van der Waals surface area contributed by atoms with Crippen LogP contribution in [0.15, 0.2) is 30.3 Å². The van der Waals surface area contributed by atoms with Crippen molar-refractivity contribution in [2.45, 2.75) is 26.6 Å². The Morgan fingerprint density at radius 2 is 1.73 bits per heavy atom. The highest BCUT2D eigenvalue weighted by Crippen LogP contribution is 2.13. The second kappa shape index (κ2) is 3.45. The van der Waals surface area contributed by atoms with E-state index in [1.54, 1.807) is 0 Å². The molecule has 2 aromatic rings. The monoisotopic (exact) mass is 215 g/mol. The molecule has 0 saturated carbocycles. The average molecular weight is 215 g/mol. The molecule has 0 atom stereocenters. The maximum atomic E-state index is 4.51. The Bertz CT molecular complexity index is 497. The largest absolute Gasteiger partial charge is 0.253 e. The van der Waals surface area contributed by atoms with Gasteiger partial charge in [-0.3, -0.25) is 4.98 Å². The maximum absolute atomic E-state index is 4.51. The van der Waals surface area contributed by atoms with Crippen molar-refractivity contribution >= 4 is 24.2 Å². The smallest absolute Gasteiger partial charge is 0.0776 e. The quantitative estimate of drug-likeness (QED) is 0.666. The summed E-state index contributed by atoms with van der Waals surface area (Å²) in [6.45, 7) is 9.15. The van der Waals surface area contributed by atoms with E-state index in [0.717, 1.165) is 11.2 Å². The molecule has 0 N–H and O–H groups in total. The molecular weight excluding hydrogens is 198 g/mol. The lowest BCUT2D eigenvalue weighted by atomic mass is 10.2. The maximum Gasteiger partial charge on any atom is 0.0776 e. The summed E-state index contributed by atoms with van der Waals surface area (Å²) in [5.41, 5.74) is 2.19. The molecule has 0 amide bonds. The number of rotatable bonds is 1. The number of pyridine rings is 1. The first-order valence-corrected chi connectivity index (χ1v) is 8.85. The van der Waals surface area contributed by atoms with Crippen LogP contribution in [0.1, 0.15) is 5.69 Å². The van der Waals surface area contributed by atoms with Gasteiger partial charge in [0.1, 0.15) is 0 Å². The molecule has 0 unspecified atom stereocenters. The predicted octanol–water partition coefficient (Wildman–Crippen LogP) is 3.09.